The molecule has 0 saturated heterocycles. The van der Waals surface area contributed by atoms with Gasteiger partial charge in [-0.3, -0.25) is 0 Å². The van der Waals surface area contributed by atoms with Crippen molar-refractivity contribution in [2.24, 2.45) is 0 Å². The molecule has 0 fully saturated rings. The lowest BCUT2D eigenvalue weighted by Gasteiger charge is -2.06. The Hall–Kier alpha value is -2.08. The van der Waals surface area contributed by atoms with Gasteiger partial charge in [-0.05, 0) is 52.8 Å². The molecule has 0 N–H and O–H groups in total. The molecule has 0 spiro atoms. The molecular weight excluding hydrogens is 216 g/mol. The molecule has 3 rings (SSSR count). The van der Waals surface area contributed by atoms with Crippen LogP contribution < -0.4 is 0 Å². The Bertz CT molecular complexity index is 642. The molecule has 0 heterocycles. The molecule has 0 saturated carbocycles. The summed E-state index contributed by atoms with van der Waals surface area (Å²) in [5.41, 5.74) is 8.65. The maximum atomic E-state index is 4.13. The highest BCUT2D eigenvalue weighted by molar-refractivity contribution is 5.86. The maximum absolute atomic E-state index is 4.13. The highest BCUT2D eigenvalue weighted by Crippen LogP contribution is 2.36. The largest absolute Gasteiger partial charge is 0.0949 e. The Morgan fingerprint density at radius 1 is 0.889 bits per heavy atom. The molecule has 0 atom stereocenters. The van der Waals surface area contributed by atoms with E-state index < -0.39 is 0 Å². The number of aryl methyl sites for hydroxylation is 1. The molecule has 0 unspecified atom stereocenters. The number of hydrogen-bond donors (Lipinski definition) is 0. The Morgan fingerprint density at radius 3 is 2.28 bits per heavy atom. The first kappa shape index (κ1) is 11.0. The molecule has 2 aromatic rings. The van der Waals surface area contributed by atoms with Gasteiger partial charge in [-0.25, -0.2) is 0 Å². The number of rotatable bonds is 1. The molecule has 18 heavy (non-hydrogen) atoms. The highest BCUT2D eigenvalue weighted by Gasteiger charge is 2.18. The summed E-state index contributed by atoms with van der Waals surface area (Å²) in [7, 11) is 0. The Balaban J connectivity index is 2.09. The Kier molecular flexibility index (Phi) is 2.45. The topological polar surface area (TPSA) is 0 Å². The van der Waals surface area contributed by atoms with Crippen molar-refractivity contribution < 1.29 is 0 Å². The highest BCUT2D eigenvalue weighted by atomic mass is 14.2. The number of allylic oxidation sites excluding steroid dienone is 2. The number of fused-ring (bicyclic) bond motifs is 1. The summed E-state index contributed by atoms with van der Waals surface area (Å²) < 4.78 is 0. The summed E-state index contributed by atoms with van der Waals surface area (Å²) in [5, 5.41) is 0. The van der Waals surface area contributed by atoms with Crippen LogP contribution in [0, 0.1) is 6.92 Å². The molecular formula is C18H16. The van der Waals surface area contributed by atoms with Crippen molar-refractivity contribution in [1.82, 2.24) is 0 Å². The van der Waals surface area contributed by atoms with Crippen LogP contribution in [-0.2, 0) is 6.42 Å². The summed E-state index contributed by atoms with van der Waals surface area (Å²) in [5.74, 6) is 0. The zero-order chi connectivity index (χ0) is 12.7. The van der Waals surface area contributed by atoms with Crippen LogP contribution in [0.1, 0.15) is 16.7 Å². The van der Waals surface area contributed by atoms with E-state index in [-0.39, 0.29) is 0 Å². The molecule has 88 valence electrons. The molecule has 0 heteroatoms. The Morgan fingerprint density at radius 2 is 1.56 bits per heavy atom. The fraction of sp³-hybridized carbons (Fsp3) is 0.111. The van der Waals surface area contributed by atoms with E-state index >= 15 is 0 Å². The normalized spacial score (nSPS) is 13.8. The van der Waals surface area contributed by atoms with E-state index in [1.807, 2.05) is 0 Å². The molecule has 0 nitrogen and oxygen atoms in total. The van der Waals surface area contributed by atoms with Crippen molar-refractivity contribution in [1.29, 1.82) is 0 Å². The molecule has 2 aromatic carbocycles. The van der Waals surface area contributed by atoms with Gasteiger partial charge in [0.1, 0.15) is 0 Å². The van der Waals surface area contributed by atoms with E-state index in [2.05, 4.69) is 62.5 Å². The first-order valence-corrected chi connectivity index (χ1v) is 6.22. The van der Waals surface area contributed by atoms with E-state index in [9.17, 15) is 0 Å². The fourth-order valence-electron chi connectivity index (χ4n) is 2.46. The van der Waals surface area contributed by atoms with Crippen molar-refractivity contribution in [2.75, 3.05) is 0 Å². The number of hydrogen-bond acceptors (Lipinski definition) is 0. The molecule has 0 bridgehead atoms. The minimum absolute atomic E-state index is 0.947. The third-order valence-electron chi connectivity index (χ3n) is 3.65. The summed E-state index contributed by atoms with van der Waals surface area (Å²) in [6.45, 7) is 10.3. The van der Waals surface area contributed by atoms with E-state index in [0.717, 1.165) is 17.6 Å². The van der Waals surface area contributed by atoms with Gasteiger partial charge >= 0.3 is 0 Å². The lowest BCUT2D eigenvalue weighted by molar-refractivity contribution is 1.28. The quantitative estimate of drug-likeness (QED) is 0.663. The molecule has 0 amide bonds. The second-order valence-corrected chi connectivity index (χ2v) is 5.00. The summed E-state index contributed by atoms with van der Waals surface area (Å²) >= 11 is 0. The second-order valence-electron chi connectivity index (χ2n) is 5.00. The SMILES string of the molecule is C=C1Cc2ccc(-c3ccc(C)cc3)cc2C1=C. The van der Waals surface area contributed by atoms with E-state index in [1.54, 1.807) is 0 Å². The standard InChI is InChI=1S/C18H16/c1-12-4-6-15(7-5-12)16-8-9-17-10-13(2)14(3)18(17)11-16/h4-9,11H,2-3,10H2,1H3. The van der Waals surface area contributed by atoms with Crippen LogP contribution in [0.3, 0.4) is 0 Å². The molecule has 0 radical (unpaired) electrons. The van der Waals surface area contributed by atoms with Crippen LogP contribution >= 0.6 is 0 Å². The zero-order valence-electron chi connectivity index (χ0n) is 10.7. The summed E-state index contributed by atoms with van der Waals surface area (Å²) in [6, 6.07) is 15.3. The van der Waals surface area contributed by atoms with Crippen LogP contribution in [0.5, 0.6) is 0 Å². The van der Waals surface area contributed by atoms with Crippen LogP contribution in [0.25, 0.3) is 16.7 Å². The Labute approximate surface area is 108 Å². The van der Waals surface area contributed by atoms with Crippen LogP contribution in [-0.4, -0.2) is 0 Å². The minimum Gasteiger partial charge on any atom is -0.0949 e. The predicted molar refractivity (Wildman–Crippen MR) is 78.5 cm³/mol. The predicted octanol–water partition coefficient (Wildman–Crippen LogP) is 4.79. The first-order chi connectivity index (χ1) is 8.65. The van der Waals surface area contributed by atoms with Crippen LogP contribution in [0.4, 0.5) is 0 Å². The summed E-state index contributed by atoms with van der Waals surface area (Å²) in [4.78, 5) is 0. The second kappa shape index (κ2) is 3.99. The van der Waals surface area contributed by atoms with Gasteiger partial charge in [-0.2, -0.15) is 0 Å². The van der Waals surface area contributed by atoms with Gasteiger partial charge in [0.25, 0.3) is 0 Å². The van der Waals surface area contributed by atoms with Gasteiger partial charge in [0.05, 0.1) is 0 Å². The molecule has 1 aliphatic rings. The molecule has 0 aromatic heterocycles. The zero-order valence-corrected chi connectivity index (χ0v) is 10.7. The average molecular weight is 232 g/mol. The van der Waals surface area contributed by atoms with Crippen LogP contribution in [0.2, 0.25) is 0 Å². The van der Waals surface area contributed by atoms with Crippen molar-refractivity contribution in [3.63, 3.8) is 0 Å². The van der Waals surface area contributed by atoms with E-state index in [4.69, 9.17) is 0 Å². The summed E-state index contributed by atoms with van der Waals surface area (Å²) in [6.07, 6.45) is 0.947. The van der Waals surface area contributed by atoms with Crippen LogP contribution in [0.15, 0.2) is 61.2 Å². The molecule has 1 aliphatic carbocycles. The molecule has 0 aliphatic heterocycles. The third kappa shape index (κ3) is 1.70. The maximum Gasteiger partial charge on any atom is -0.00195 e. The van der Waals surface area contributed by atoms with E-state index in [0.29, 0.717) is 0 Å². The fourth-order valence-corrected chi connectivity index (χ4v) is 2.46. The van der Waals surface area contributed by atoms with Gasteiger partial charge in [-0.1, -0.05) is 55.1 Å². The monoisotopic (exact) mass is 232 g/mol. The van der Waals surface area contributed by atoms with E-state index in [1.165, 1.54) is 27.8 Å². The lowest BCUT2D eigenvalue weighted by atomic mass is 9.99. The third-order valence-corrected chi connectivity index (χ3v) is 3.65. The lowest BCUT2D eigenvalue weighted by Crippen LogP contribution is -1.84. The first-order valence-electron chi connectivity index (χ1n) is 6.22. The van der Waals surface area contributed by atoms with Gasteiger partial charge in [-0.15, -0.1) is 0 Å². The van der Waals surface area contributed by atoms with Crippen molar-refractivity contribution in [2.45, 2.75) is 13.3 Å². The van der Waals surface area contributed by atoms with Gasteiger partial charge < -0.3 is 0 Å². The average Bonchev–Trinajstić information content (AvgIpc) is 2.66. The van der Waals surface area contributed by atoms with Gasteiger partial charge in [0.15, 0.2) is 0 Å². The minimum atomic E-state index is 0.947. The number of benzene rings is 2. The van der Waals surface area contributed by atoms with Crippen molar-refractivity contribution in [3.8, 4) is 11.1 Å². The van der Waals surface area contributed by atoms with Gasteiger partial charge in [0, 0.05) is 0 Å². The van der Waals surface area contributed by atoms with Crippen molar-refractivity contribution >= 4 is 5.57 Å². The van der Waals surface area contributed by atoms with Crippen molar-refractivity contribution in [3.05, 3.63) is 77.9 Å². The van der Waals surface area contributed by atoms with Gasteiger partial charge in [0.2, 0.25) is 0 Å². The smallest absolute Gasteiger partial charge is 0.00195 e.